The van der Waals surface area contributed by atoms with Crippen molar-refractivity contribution >= 4 is 0 Å². The van der Waals surface area contributed by atoms with Gasteiger partial charge in [0.25, 0.3) is 0 Å². The van der Waals surface area contributed by atoms with Crippen LogP contribution in [0.4, 0.5) is 0 Å². The lowest BCUT2D eigenvalue weighted by Crippen LogP contribution is -2.27. The Balaban J connectivity index is 2.68. The van der Waals surface area contributed by atoms with Gasteiger partial charge < -0.3 is 10.4 Å². The standard InChI is InChI=1S/C9H17N3O/c1-9(13,5-6-10-2)8-4-7-12(3)11-8/h4,7,10,13H,5-6H2,1-3H3. The molecule has 4 heteroatoms. The van der Waals surface area contributed by atoms with E-state index in [9.17, 15) is 5.11 Å². The quantitative estimate of drug-likeness (QED) is 0.703. The Morgan fingerprint density at radius 2 is 2.38 bits per heavy atom. The summed E-state index contributed by atoms with van der Waals surface area (Å²) in [5.41, 5.74) is -0.102. The summed E-state index contributed by atoms with van der Waals surface area (Å²) < 4.78 is 1.70. The van der Waals surface area contributed by atoms with Gasteiger partial charge in [0, 0.05) is 13.2 Å². The highest BCUT2D eigenvalue weighted by molar-refractivity contribution is 5.08. The van der Waals surface area contributed by atoms with Gasteiger partial charge in [-0.05, 0) is 33.0 Å². The van der Waals surface area contributed by atoms with Crippen molar-refractivity contribution in [2.45, 2.75) is 18.9 Å². The lowest BCUT2D eigenvalue weighted by Gasteiger charge is -2.20. The molecule has 0 saturated heterocycles. The first kappa shape index (κ1) is 10.2. The summed E-state index contributed by atoms with van der Waals surface area (Å²) in [4.78, 5) is 0. The number of hydrogen-bond acceptors (Lipinski definition) is 3. The van der Waals surface area contributed by atoms with Gasteiger partial charge >= 0.3 is 0 Å². The second kappa shape index (κ2) is 3.89. The second-order valence-electron chi connectivity index (χ2n) is 3.50. The normalized spacial score (nSPS) is 15.7. The maximum Gasteiger partial charge on any atom is 0.107 e. The minimum atomic E-state index is -0.829. The molecule has 1 rings (SSSR count). The van der Waals surface area contributed by atoms with Crippen molar-refractivity contribution in [3.8, 4) is 0 Å². The van der Waals surface area contributed by atoms with Crippen molar-refractivity contribution < 1.29 is 5.11 Å². The monoisotopic (exact) mass is 183 g/mol. The van der Waals surface area contributed by atoms with Crippen LogP contribution in [0.25, 0.3) is 0 Å². The van der Waals surface area contributed by atoms with E-state index in [1.165, 1.54) is 0 Å². The van der Waals surface area contributed by atoms with Gasteiger partial charge in [-0.3, -0.25) is 4.68 Å². The predicted octanol–water partition coefficient (Wildman–Crippen LogP) is 0.237. The average Bonchev–Trinajstić information content (AvgIpc) is 2.49. The number of nitrogens with zero attached hydrogens (tertiary/aromatic N) is 2. The lowest BCUT2D eigenvalue weighted by molar-refractivity contribution is 0.0435. The lowest BCUT2D eigenvalue weighted by atomic mass is 9.98. The van der Waals surface area contributed by atoms with E-state index in [1.54, 1.807) is 11.6 Å². The number of nitrogens with one attached hydrogen (secondary N) is 1. The van der Waals surface area contributed by atoms with Crippen LogP contribution in [-0.2, 0) is 12.6 Å². The van der Waals surface area contributed by atoms with Crippen LogP contribution >= 0.6 is 0 Å². The van der Waals surface area contributed by atoms with Crippen LogP contribution in [0.15, 0.2) is 12.3 Å². The molecule has 0 radical (unpaired) electrons. The van der Waals surface area contributed by atoms with E-state index in [0.29, 0.717) is 6.42 Å². The molecular formula is C9H17N3O. The molecule has 0 aliphatic heterocycles. The van der Waals surface area contributed by atoms with Crippen LogP contribution in [-0.4, -0.2) is 28.5 Å². The number of rotatable bonds is 4. The highest BCUT2D eigenvalue weighted by Crippen LogP contribution is 2.21. The molecule has 0 amide bonds. The van der Waals surface area contributed by atoms with Crippen LogP contribution in [0.5, 0.6) is 0 Å². The Labute approximate surface area is 78.6 Å². The molecule has 0 aliphatic carbocycles. The van der Waals surface area contributed by atoms with E-state index in [1.807, 2.05) is 26.4 Å². The fourth-order valence-electron chi connectivity index (χ4n) is 1.20. The van der Waals surface area contributed by atoms with Crippen molar-refractivity contribution in [1.82, 2.24) is 15.1 Å². The third kappa shape index (κ3) is 2.54. The predicted molar refractivity (Wildman–Crippen MR) is 51.3 cm³/mol. The summed E-state index contributed by atoms with van der Waals surface area (Å²) >= 11 is 0. The highest BCUT2D eigenvalue weighted by atomic mass is 16.3. The molecule has 1 aromatic rings. The zero-order valence-corrected chi connectivity index (χ0v) is 8.41. The Morgan fingerprint density at radius 3 is 2.85 bits per heavy atom. The van der Waals surface area contributed by atoms with Gasteiger partial charge in [-0.25, -0.2) is 0 Å². The smallest absolute Gasteiger partial charge is 0.107 e. The van der Waals surface area contributed by atoms with Gasteiger partial charge in [-0.2, -0.15) is 5.10 Å². The van der Waals surface area contributed by atoms with E-state index in [2.05, 4.69) is 10.4 Å². The van der Waals surface area contributed by atoms with Gasteiger partial charge in [0.1, 0.15) is 5.60 Å². The zero-order valence-electron chi connectivity index (χ0n) is 8.41. The maximum absolute atomic E-state index is 10.0. The Bertz CT molecular complexity index is 268. The number of aryl methyl sites for hydroxylation is 1. The topological polar surface area (TPSA) is 50.1 Å². The van der Waals surface area contributed by atoms with Gasteiger partial charge in [-0.15, -0.1) is 0 Å². The van der Waals surface area contributed by atoms with Crippen molar-refractivity contribution in [1.29, 1.82) is 0 Å². The summed E-state index contributed by atoms with van der Waals surface area (Å²) in [5.74, 6) is 0. The van der Waals surface area contributed by atoms with Crippen LogP contribution in [0.3, 0.4) is 0 Å². The Hall–Kier alpha value is -0.870. The number of aromatic nitrogens is 2. The van der Waals surface area contributed by atoms with E-state index in [0.717, 1.165) is 12.2 Å². The molecule has 0 aliphatic rings. The van der Waals surface area contributed by atoms with Crippen molar-refractivity contribution in [2.75, 3.05) is 13.6 Å². The molecule has 1 atom stereocenters. The van der Waals surface area contributed by atoms with Crippen molar-refractivity contribution in [2.24, 2.45) is 7.05 Å². The SMILES string of the molecule is CNCCC(C)(O)c1ccn(C)n1. The molecule has 1 aromatic heterocycles. The first-order valence-corrected chi connectivity index (χ1v) is 4.43. The maximum atomic E-state index is 10.0. The molecule has 4 nitrogen and oxygen atoms in total. The largest absolute Gasteiger partial charge is 0.384 e. The van der Waals surface area contributed by atoms with Gasteiger partial charge in [0.15, 0.2) is 0 Å². The summed E-state index contributed by atoms with van der Waals surface area (Å²) in [7, 11) is 3.71. The minimum Gasteiger partial charge on any atom is -0.384 e. The number of hydrogen-bond donors (Lipinski definition) is 2. The summed E-state index contributed by atoms with van der Waals surface area (Å²) in [6, 6.07) is 1.84. The van der Waals surface area contributed by atoms with E-state index in [-0.39, 0.29) is 0 Å². The molecule has 0 bridgehead atoms. The van der Waals surface area contributed by atoms with Gasteiger partial charge in [-0.1, -0.05) is 0 Å². The molecule has 74 valence electrons. The summed E-state index contributed by atoms with van der Waals surface area (Å²) in [6.07, 6.45) is 2.50. The van der Waals surface area contributed by atoms with E-state index < -0.39 is 5.60 Å². The summed E-state index contributed by atoms with van der Waals surface area (Å²) in [6.45, 7) is 2.57. The van der Waals surface area contributed by atoms with Gasteiger partial charge in [0.05, 0.1) is 5.69 Å². The molecule has 0 fully saturated rings. The van der Waals surface area contributed by atoms with Crippen LogP contribution in [0, 0.1) is 0 Å². The fraction of sp³-hybridized carbons (Fsp3) is 0.667. The Kier molecular flexibility index (Phi) is 3.06. The van der Waals surface area contributed by atoms with Crippen LogP contribution < -0.4 is 5.32 Å². The minimum absolute atomic E-state index is 0.667. The molecule has 0 spiro atoms. The molecule has 0 saturated carbocycles. The molecule has 1 unspecified atom stereocenters. The van der Waals surface area contributed by atoms with E-state index in [4.69, 9.17) is 0 Å². The Morgan fingerprint density at radius 1 is 1.69 bits per heavy atom. The molecule has 13 heavy (non-hydrogen) atoms. The molecule has 1 heterocycles. The van der Waals surface area contributed by atoms with Crippen molar-refractivity contribution in [3.05, 3.63) is 18.0 Å². The van der Waals surface area contributed by atoms with Crippen LogP contribution in [0.1, 0.15) is 19.0 Å². The first-order valence-electron chi connectivity index (χ1n) is 4.43. The number of aliphatic hydroxyl groups is 1. The van der Waals surface area contributed by atoms with Crippen LogP contribution in [0.2, 0.25) is 0 Å². The average molecular weight is 183 g/mol. The van der Waals surface area contributed by atoms with Crippen molar-refractivity contribution in [3.63, 3.8) is 0 Å². The molecule has 0 aromatic carbocycles. The fourth-order valence-corrected chi connectivity index (χ4v) is 1.20. The third-order valence-electron chi connectivity index (χ3n) is 2.13. The van der Waals surface area contributed by atoms with E-state index >= 15 is 0 Å². The molecular weight excluding hydrogens is 166 g/mol. The summed E-state index contributed by atoms with van der Waals surface area (Å²) in [5, 5.41) is 17.2. The molecule has 2 N–H and O–H groups in total. The second-order valence-corrected chi connectivity index (χ2v) is 3.50. The van der Waals surface area contributed by atoms with Gasteiger partial charge in [0.2, 0.25) is 0 Å². The zero-order chi connectivity index (χ0) is 9.90. The third-order valence-corrected chi connectivity index (χ3v) is 2.13. The highest BCUT2D eigenvalue weighted by Gasteiger charge is 2.24. The first-order chi connectivity index (χ1) is 6.06.